The van der Waals surface area contributed by atoms with Crippen LogP contribution in [0.5, 0.6) is 11.5 Å². The van der Waals surface area contributed by atoms with Crippen LogP contribution in [0.15, 0.2) is 95.9 Å². The van der Waals surface area contributed by atoms with Crippen molar-refractivity contribution >= 4 is 33.2 Å². The molecule has 4 aromatic rings. The average Bonchev–Trinajstić information content (AvgIpc) is 3.04. The van der Waals surface area contributed by atoms with Gasteiger partial charge in [0.2, 0.25) is 0 Å². The summed E-state index contributed by atoms with van der Waals surface area (Å²) in [5.74, 6) is -0.714. The van der Waals surface area contributed by atoms with Crippen molar-refractivity contribution in [2.45, 2.75) is 11.1 Å². The van der Waals surface area contributed by atoms with Gasteiger partial charge in [0, 0.05) is 24.3 Å². The number of carbonyl (C=O) groups is 2. The monoisotopic (exact) mass is 656 g/mol. The van der Waals surface area contributed by atoms with Crippen molar-refractivity contribution < 1.29 is 40.7 Å². The van der Waals surface area contributed by atoms with Crippen molar-refractivity contribution in [1.82, 2.24) is 10.6 Å². The van der Waals surface area contributed by atoms with Crippen LogP contribution in [0.2, 0.25) is 0 Å². The van der Waals surface area contributed by atoms with Gasteiger partial charge in [0.25, 0.3) is 21.8 Å². The number of sulfonamides is 1. The second kappa shape index (κ2) is 14.7. The third kappa shape index (κ3) is 8.91. The number of anilines is 2. The summed E-state index contributed by atoms with van der Waals surface area (Å²) in [6, 6.07) is 23.5. The van der Waals surface area contributed by atoms with Crippen LogP contribution >= 0.6 is 0 Å². The summed E-state index contributed by atoms with van der Waals surface area (Å²) in [5, 5.41) is 7.74. The maximum absolute atomic E-state index is 13.5. The van der Waals surface area contributed by atoms with Gasteiger partial charge < -0.3 is 25.4 Å². The summed E-state index contributed by atoms with van der Waals surface area (Å²) in [4.78, 5) is 24.6. The first-order valence-electron chi connectivity index (χ1n) is 13.8. The Labute approximate surface area is 264 Å². The van der Waals surface area contributed by atoms with Gasteiger partial charge in [-0.25, -0.2) is 8.42 Å². The van der Waals surface area contributed by atoms with E-state index in [1.54, 1.807) is 60.7 Å². The summed E-state index contributed by atoms with van der Waals surface area (Å²) in [6.45, 7) is -0.855. The first-order valence-corrected chi connectivity index (χ1v) is 15.3. The second-order valence-corrected chi connectivity index (χ2v) is 11.5. The number of amides is 2. The minimum atomic E-state index is -4.57. The van der Waals surface area contributed by atoms with Gasteiger partial charge in [-0.05, 0) is 65.7 Å². The molecule has 46 heavy (non-hydrogen) atoms. The van der Waals surface area contributed by atoms with Gasteiger partial charge in [0.15, 0.2) is 0 Å². The number of methoxy groups -OCH3 is 2. The molecule has 0 aliphatic carbocycles. The van der Waals surface area contributed by atoms with Crippen molar-refractivity contribution in [3.8, 4) is 22.6 Å². The normalized spacial score (nSPS) is 11.3. The van der Waals surface area contributed by atoms with Crippen LogP contribution in [0.3, 0.4) is 0 Å². The lowest BCUT2D eigenvalue weighted by atomic mass is 10.0. The minimum Gasteiger partial charge on any atom is -0.496 e. The number of para-hydroxylation sites is 1. The van der Waals surface area contributed by atoms with E-state index < -0.39 is 28.7 Å². The van der Waals surface area contributed by atoms with E-state index in [-0.39, 0.29) is 34.3 Å². The predicted octanol–water partition coefficient (Wildman–Crippen LogP) is 5.31. The quantitative estimate of drug-likeness (QED) is 0.143. The molecule has 0 heterocycles. The van der Waals surface area contributed by atoms with E-state index in [1.807, 2.05) is 5.32 Å². The van der Waals surface area contributed by atoms with Gasteiger partial charge in [-0.3, -0.25) is 14.3 Å². The van der Waals surface area contributed by atoms with Crippen LogP contribution in [0, 0.1) is 0 Å². The standard InChI is InChI=1S/C32H31F3N4O6S/c1-44-27-12-4-3-11-26(27)31(41)37-16-15-36-24-9-6-10-25(19-24)39-46(42,43)29-18-22(13-14-28(29)45-2)21-7-5-8-23(17-21)30(40)38-20-32(33,34)35/h3-14,17-19,36,39H,15-16,20H2,1-2H3,(H,37,41)(H,38,40). The Morgan fingerprint density at radius 3 is 2.15 bits per heavy atom. The average molecular weight is 657 g/mol. The Kier molecular flexibility index (Phi) is 10.7. The van der Waals surface area contributed by atoms with E-state index in [4.69, 9.17) is 9.47 Å². The Morgan fingerprint density at radius 1 is 0.717 bits per heavy atom. The van der Waals surface area contributed by atoms with E-state index in [0.29, 0.717) is 34.7 Å². The molecule has 0 fully saturated rings. The number of hydrogen-bond donors (Lipinski definition) is 4. The molecule has 0 aromatic heterocycles. The van der Waals surface area contributed by atoms with E-state index in [2.05, 4.69) is 15.4 Å². The van der Waals surface area contributed by atoms with Crippen molar-refractivity contribution in [1.29, 1.82) is 0 Å². The van der Waals surface area contributed by atoms with Crippen molar-refractivity contribution in [2.75, 3.05) is 43.9 Å². The molecule has 0 bridgehead atoms. The fraction of sp³-hybridized carbons (Fsp3) is 0.188. The zero-order valence-electron chi connectivity index (χ0n) is 24.8. The van der Waals surface area contributed by atoms with Gasteiger partial charge >= 0.3 is 6.18 Å². The molecule has 4 N–H and O–H groups in total. The Morgan fingerprint density at radius 2 is 1.41 bits per heavy atom. The molecule has 0 aliphatic rings. The lowest BCUT2D eigenvalue weighted by molar-refractivity contribution is -0.123. The number of rotatable bonds is 13. The molecular weight excluding hydrogens is 625 g/mol. The number of nitrogens with one attached hydrogen (secondary N) is 4. The number of carbonyl (C=O) groups excluding carboxylic acids is 2. The maximum atomic E-state index is 13.5. The van der Waals surface area contributed by atoms with Crippen molar-refractivity contribution in [3.05, 3.63) is 102 Å². The van der Waals surface area contributed by atoms with Crippen LogP contribution < -0.4 is 30.1 Å². The molecule has 0 spiro atoms. The smallest absolute Gasteiger partial charge is 0.405 e. The highest BCUT2D eigenvalue weighted by atomic mass is 32.2. The Hall–Kier alpha value is -5.24. The van der Waals surface area contributed by atoms with E-state index in [9.17, 15) is 31.2 Å². The molecule has 242 valence electrons. The first kappa shape index (κ1) is 33.6. The molecule has 2 amide bonds. The minimum absolute atomic E-state index is 0.0243. The number of ether oxygens (including phenoxy) is 2. The fourth-order valence-electron chi connectivity index (χ4n) is 4.40. The molecule has 0 unspecified atom stereocenters. The summed E-state index contributed by atoms with van der Waals surface area (Å²) >= 11 is 0. The zero-order chi connectivity index (χ0) is 33.3. The van der Waals surface area contributed by atoms with Gasteiger partial charge in [-0.1, -0.05) is 36.4 Å². The summed E-state index contributed by atoms with van der Waals surface area (Å²) in [7, 11) is -1.41. The highest BCUT2D eigenvalue weighted by Gasteiger charge is 2.28. The lowest BCUT2D eigenvalue weighted by Gasteiger charge is -2.15. The Bertz CT molecular complexity index is 1820. The van der Waals surface area contributed by atoms with E-state index >= 15 is 0 Å². The van der Waals surface area contributed by atoms with Crippen LogP contribution in [0.1, 0.15) is 20.7 Å². The highest BCUT2D eigenvalue weighted by Crippen LogP contribution is 2.32. The van der Waals surface area contributed by atoms with Gasteiger partial charge in [0.1, 0.15) is 22.9 Å². The van der Waals surface area contributed by atoms with Gasteiger partial charge in [0.05, 0.1) is 25.5 Å². The molecule has 0 aliphatic heterocycles. The number of benzene rings is 4. The highest BCUT2D eigenvalue weighted by molar-refractivity contribution is 7.92. The van der Waals surface area contributed by atoms with Crippen LogP contribution in [-0.2, 0) is 10.0 Å². The second-order valence-electron chi connectivity index (χ2n) is 9.81. The molecule has 0 saturated heterocycles. The molecule has 4 aromatic carbocycles. The van der Waals surface area contributed by atoms with Crippen LogP contribution in [0.4, 0.5) is 24.5 Å². The van der Waals surface area contributed by atoms with E-state index in [1.165, 1.54) is 44.6 Å². The Balaban J connectivity index is 1.45. The molecule has 0 atom stereocenters. The van der Waals surface area contributed by atoms with E-state index in [0.717, 1.165) is 0 Å². The summed E-state index contributed by atoms with van der Waals surface area (Å²) in [5.41, 5.74) is 2.01. The summed E-state index contributed by atoms with van der Waals surface area (Å²) in [6.07, 6.45) is -4.57. The van der Waals surface area contributed by atoms with Crippen LogP contribution in [-0.4, -0.2) is 60.3 Å². The summed E-state index contributed by atoms with van der Waals surface area (Å²) < 4.78 is 77.7. The predicted molar refractivity (Wildman–Crippen MR) is 168 cm³/mol. The third-order valence-corrected chi connectivity index (χ3v) is 7.97. The maximum Gasteiger partial charge on any atom is 0.405 e. The molecule has 4 rings (SSSR count). The van der Waals surface area contributed by atoms with Crippen LogP contribution in [0.25, 0.3) is 11.1 Å². The number of alkyl halides is 3. The van der Waals surface area contributed by atoms with Gasteiger partial charge in [-0.2, -0.15) is 13.2 Å². The lowest BCUT2D eigenvalue weighted by Crippen LogP contribution is -2.33. The first-order chi connectivity index (χ1) is 21.9. The van der Waals surface area contributed by atoms with Crippen molar-refractivity contribution in [3.63, 3.8) is 0 Å². The molecule has 14 heteroatoms. The molecule has 0 radical (unpaired) electrons. The van der Waals surface area contributed by atoms with Gasteiger partial charge in [-0.15, -0.1) is 0 Å². The third-order valence-electron chi connectivity index (χ3n) is 6.57. The topological polar surface area (TPSA) is 135 Å². The SMILES string of the molecule is COc1ccccc1C(=O)NCCNc1cccc(NS(=O)(=O)c2cc(-c3cccc(C(=O)NCC(F)(F)F)c3)ccc2OC)c1. The number of halogens is 3. The zero-order valence-corrected chi connectivity index (χ0v) is 25.6. The largest absolute Gasteiger partial charge is 0.496 e. The molecular formula is C32H31F3N4O6S. The number of hydrogen-bond acceptors (Lipinski definition) is 7. The van der Waals surface area contributed by atoms with Crippen molar-refractivity contribution in [2.24, 2.45) is 0 Å². The molecule has 0 saturated carbocycles. The molecule has 10 nitrogen and oxygen atoms in total. The fourth-order valence-corrected chi connectivity index (χ4v) is 5.65.